The van der Waals surface area contributed by atoms with Crippen LogP contribution in [0.5, 0.6) is 0 Å². The second-order valence-electron chi connectivity index (χ2n) is 5.02. The number of hydrogen-bond donors (Lipinski definition) is 1. The molecule has 20 heavy (non-hydrogen) atoms. The molecule has 0 aromatic heterocycles. The fourth-order valence-corrected chi connectivity index (χ4v) is 1.89. The van der Waals surface area contributed by atoms with Gasteiger partial charge >= 0.3 is 0 Å². The zero-order chi connectivity index (χ0) is 13.8. The molecule has 0 aliphatic carbocycles. The van der Waals surface area contributed by atoms with Gasteiger partial charge in [0.05, 0.1) is 6.61 Å². The highest BCUT2D eigenvalue weighted by Gasteiger charge is 2.11. The smallest absolute Gasteiger partial charge is 0.107 e. The number of fused-ring (bicyclic) bond motifs is 1. The van der Waals surface area contributed by atoms with Crippen molar-refractivity contribution in [2.75, 3.05) is 20.7 Å². The van der Waals surface area contributed by atoms with Gasteiger partial charge in [-0.3, -0.25) is 4.90 Å². The van der Waals surface area contributed by atoms with Crippen LogP contribution < -0.4 is 0 Å². The Kier molecular flexibility index (Phi) is 6.43. The van der Waals surface area contributed by atoms with E-state index in [0.717, 1.165) is 10.9 Å². The Hall–Kier alpha value is -1.13. The second kappa shape index (κ2) is 7.60. The standard InChI is InChI=1S/C16H21NO2.ClH/c1-12(17(2)3)19-11-16(18)15-9-8-13-6-4-5-7-14(13)10-15;/h4-10,12,16,18H,11H2,1-3H3;1H. The molecule has 0 radical (unpaired) electrons. The minimum absolute atomic E-state index is 0. The highest BCUT2D eigenvalue weighted by atomic mass is 35.5. The zero-order valence-electron chi connectivity index (χ0n) is 12.1. The van der Waals surface area contributed by atoms with Crippen LogP contribution in [0.1, 0.15) is 18.6 Å². The lowest BCUT2D eigenvalue weighted by molar-refractivity contribution is -0.0602. The predicted octanol–water partition coefficient (Wildman–Crippen LogP) is 3.22. The van der Waals surface area contributed by atoms with E-state index in [1.54, 1.807) is 0 Å². The average Bonchev–Trinajstić information content (AvgIpc) is 2.43. The molecule has 0 fully saturated rings. The number of halogens is 1. The highest BCUT2D eigenvalue weighted by molar-refractivity contribution is 5.85. The van der Waals surface area contributed by atoms with Gasteiger partial charge in [0.25, 0.3) is 0 Å². The molecule has 4 heteroatoms. The van der Waals surface area contributed by atoms with E-state index in [9.17, 15) is 5.11 Å². The molecule has 2 atom stereocenters. The van der Waals surface area contributed by atoms with Crippen LogP contribution in [0.25, 0.3) is 10.8 Å². The van der Waals surface area contributed by atoms with Crippen LogP contribution in [0.3, 0.4) is 0 Å². The molecule has 2 rings (SSSR count). The van der Waals surface area contributed by atoms with Crippen molar-refractivity contribution in [1.29, 1.82) is 0 Å². The molecular formula is C16H22ClNO2. The minimum atomic E-state index is -0.591. The van der Waals surface area contributed by atoms with E-state index in [2.05, 4.69) is 12.1 Å². The fourth-order valence-electron chi connectivity index (χ4n) is 1.89. The third-order valence-electron chi connectivity index (χ3n) is 3.38. The van der Waals surface area contributed by atoms with Crippen LogP contribution >= 0.6 is 12.4 Å². The lowest BCUT2D eigenvalue weighted by Crippen LogP contribution is -2.29. The Balaban J connectivity index is 0.00000200. The molecule has 0 saturated carbocycles. The molecular weight excluding hydrogens is 274 g/mol. The first-order valence-electron chi connectivity index (χ1n) is 6.52. The van der Waals surface area contributed by atoms with Crippen molar-refractivity contribution in [2.45, 2.75) is 19.3 Å². The second-order valence-corrected chi connectivity index (χ2v) is 5.02. The summed E-state index contributed by atoms with van der Waals surface area (Å²) in [5, 5.41) is 12.5. The van der Waals surface area contributed by atoms with Gasteiger partial charge in [-0.25, -0.2) is 0 Å². The summed E-state index contributed by atoms with van der Waals surface area (Å²) < 4.78 is 5.61. The molecule has 0 heterocycles. The van der Waals surface area contributed by atoms with Gasteiger partial charge < -0.3 is 9.84 Å². The van der Waals surface area contributed by atoms with Gasteiger partial charge in [0.1, 0.15) is 12.3 Å². The molecule has 3 nitrogen and oxygen atoms in total. The van der Waals surface area contributed by atoms with Crippen molar-refractivity contribution in [3.05, 3.63) is 48.0 Å². The summed E-state index contributed by atoms with van der Waals surface area (Å²) in [5.41, 5.74) is 0.893. The van der Waals surface area contributed by atoms with Crippen molar-refractivity contribution in [2.24, 2.45) is 0 Å². The molecule has 0 amide bonds. The van der Waals surface area contributed by atoms with E-state index in [4.69, 9.17) is 4.74 Å². The van der Waals surface area contributed by atoms with Crippen molar-refractivity contribution in [1.82, 2.24) is 4.90 Å². The van der Waals surface area contributed by atoms with Crippen LogP contribution in [0, 0.1) is 0 Å². The molecule has 0 aliphatic rings. The summed E-state index contributed by atoms with van der Waals surface area (Å²) in [6.45, 7) is 2.27. The topological polar surface area (TPSA) is 32.7 Å². The summed E-state index contributed by atoms with van der Waals surface area (Å²) >= 11 is 0. The normalized spacial score (nSPS) is 14.1. The Morgan fingerprint density at radius 1 is 1.10 bits per heavy atom. The molecule has 0 spiro atoms. The van der Waals surface area contributed by atoms with Crippen LogP contribution in [0.15, 0.2) is 42.5 Å². The maximum absolute atomic E-state index is 10.2. The van der Waals surface area contributed by atoms with Gasteiger partial charge in [-0.15, -0.1) is 12.4 Å². The predicted molar refractivity (Wildman–Crippen MR) is 85.3 cm³/mol. The summed E-state index contributed by atoms with van der Waals surface area (Å²) in [4.78, 5) is 1.97. The van der Waals surface area contributed by atoms with Gasteiger partial charge in [0.15, 0.2) is 0 Å². The molecule has 0 saturated heterocycles. The third-order valence-corrected chi connectivity index (χ3v) is 3.38. The van der Waals surface area contributed by atoms with Crippen molar-refractivity contribution >= 4 is 23.2 Å². The van der Waals surface area contributed by atoms with Crippen LogP contribution in [0.2, 0.25) is 0 Å². The van der Waals surface area contributed by atoms with Gasteiger partial charge in [0, 0.05) is 0 Å². The molecule has 2 aromatic carbocycles. The third kappa shape index (κ3) is 4.18. The number of rotatable bonds is 5. The molecule has 2 aromatic rings. The van der Waals surface area contributed by atoms with Crippen LogP contribution in [-0.4, -0.2) is 36.9 Å². The number of nitrogens with zero attached hydrogens (tertiary/aromatic N) is 1. The van der Waals surface area contributed by atoms with Gasteiger partial charge in [-0.2, -0.15) is 0 Å². The van der Waals surface area contributed by atoms with E-state index < -0.39 is 6.10 Å². The summed E-state index contributed by atoms with van der Waals surface area (Å²) in [7, 11) is 3.90. The summed E-state index contributed by atoms with van der Waals surface area (Å²) in [5.74, 6) is 0. The number of benzene rings is 2. The van der Waals surface area contributed by atoms with E-state index in [-0.39, 0.29) is 18.6 Å². The minimum Gasteiger partial charge on any atom is -0.386 e. The summed E-state index contributed by atoms with van der Waals surface area (Å²) in [6.07, 6.45) is -0.595. The van der Waals surface area contributed by atoms with Gasteiger partial charge in [-0.05, 0) is 43.4 Å². The first-order chi connectivity index (χ1) is 9.08. The first-order valence-corrected chi connectivity index (χ1v) is 6.52. The zero-order valence-corrected chi connectivity index (χ0v) is 12.9. The molecule has 1 N–H and O–H groups in total. The van der Waals surface area contributed by atoms with E-state index >= 15 is 0 Å². The van der Waals surface area contributed by atoms with E-state index in [1.165, 1.54) is 5.39 Å². The number of ether oxygens (including phenoxy) is 1. The number of hydrogen-bond acceptors (Lipinski definition) is 3. The van der Waals surface area contributed by atoms with E-state index in [1.807, 2.05) is 56.3 Å². The summed E-state index contributed by atoms with van der Waals surface area (Å²) in [6, 6.07) is 14.1. The Bertz CT molecular complexity index is 545. The quantitative estimate of drug-likeness (QED) is 0.860. The Labute approximate surface area is 126 Å². The Morgan fingerprint density at radius 3 is 2.40 bits per heavy atom. The number of aliphatic hydroxyl groups is 1. The van der Waals surface area contributed by atoms with Crippen molar-refractivity contribution in [3.8, 4) is 0 Å². The van der Waals surface area contributed by atoms with Crippen molar-refractivity contribution < 1.29 is 9.84 Å². The highest BCUT2D eigenvalue weighted by Crippen LogP contribution is 2.21. The monoisotopic (exact) mass is 295 g/mol. The molecule has 0 aliphatic heterocycles. The van der Waals surface area contributed by atoms with Gasteiger partial charge in [-0.1, -0.05) is 36.4 Å². The Morgan fingerprint density at radius 2 is 1.75 bits per heavy atom. The van der Waals surface area contributed by atoms with E-state index in [0.29, 0.717) is 6.61 Å². The first kappa shape index (κ1) is 16.9. The van der Waals surface area contributed by atoms with Gasteiger partial charge in [0.2, 0.25) is 0 Å². The fraction of sp³-hybridized carbons (Fsp3) is 0.375. The largest absolute Gasteiger partial charge is 0.386 e. The maximum atomic E-state index is 10.2. The van der Waals surface area contributed by atoms with Crippen molar-refractivity contribution in [3.63, 3.8) is 0 Å². The lowest BCUT2D eigenvalue weighted by atomic mass is 10.0. The lowest BCUT2D eigenvalue weighted by Gasteiger charge is -2.22. The molecule has 2 unspecified atom stereocenters. The van der Waals surface area contributed by atoms with Crippen LogP contribution in [-0.2, 0) is 4.74 Å². The SMILES string of the molecule is CC(OCC(O)c1ccc2ccccc2c1)N(C)C.Cl. The van der Waals surface area contributed by atoms with Crippen LogP contribution in [0.4, 0.5) is 0 Å². The number of aliphatic hydroxyl groups excluding tert-OH is 1. The average molecular weight is 296 g/mol. The maximum Gasteiger partial charge on any atom is 0.107 e. The molecule has 0 bridgehead atoms. The molecule has 110 valence electrons.